The zero-order valence-corrected chi connectivity index (χ0v) is 11.0. The number of carbonyl (C=O) groups is 1. The number of hydrogen-bond donors (Lipinski definition) is 2. The van der Waals surface area contributed by atoms with Gasteiger partial charge in [-0.2, -0.15) is 0 Å². The van der Waals surface area contributed by atoms with Crippen LogP contribution in [0.2, 0.25) is 0 Å². The summed E-state index contributed by atoms with van der Waals surface area (Å²) in [4.78, 5) is 13.8. The predicted molar refractivity (Wildman–Crippen MR) is 68.9 cm³/mol. The molecule has 7 heteroatoms. The van der Waals surface area contributed by atoms with E-state index in [1.807, 2.05) is 11.8 Å². The first-order chi connectivity index (χ1) is 9.49. The van der Waals surface area contributed by atoms with Crippen molar-refractivity contribution in [3.05, 3.63) is 29.6 Å². The van der Waals surface area contributed by atoms with E-state index in [0.29, 0.717) is 6.54 Å². The molecule has 0 aromatic heterocycles. The van der Waals surface area contributed by atoms with Crippen LogP contribution in [-0.4, -0.2) is 43.0 Å². The molecule has 20 heavy (non-hydrogen) atoms. The Kier molecular flexibility index (Phi) is 4.61. The van der Waals surface area contributed by atoms with Gasteiger partial charge in [-0.15, -0.1) is 0 Å². The van der Waals surface area contributed by atoms with E-state index in [4.69, 9.17) is 0 Å². The molecule has 0 saturated carbocycles. The van der Waals surface area contributed by atoms with Crippen molar-refractivity contribution < 1.29 is 18.0 Å². The first kappa shape index (κ1) is 14.8. The average molecular weight is 287 g/mol. The lowest BCUT2D eigenvalue weighted by Gasteiger charge is -2.33. The number of benzene rings is 1. The van der Waals surface area contributed by atoms with E-state index in [2.05, 4.69) is 10.6 Å². The van der Waals surface area contributed by atoms with Crippen LogP contribution >= 0.6 is 0 Å². The van der Waals surface area contributed by atoms with Crippen molar-refractivity contribution >= 4 is 11.6 Å². The Bertz CT molecular complexity index is 510. The number of anilines is 1. The Labute approximate surface area is 114 Å². The van der Waals surface area contributed by atoms with Crippen LogP contribution < -0.4 is 10.6 Å². The van der Waals surface area contributed by atoms with Crippen molar-refractivity contribution in [2.24, 2.45) is 0 Å². The summed E-state index contributed by atoms with van der Waals surface area (Å²) in [6.45, 7) is 4.30. The molecule has 0 aliphatic carbocycles. The lowest BCUT2D eigenvalue weighted by atomic mass is 10.2. The molecule has 1 aromatic carbocycles. The molecule has 0 radical (unpaired) electrons. The number of piperazine rings is 1. The SMILES string of the molecule is C[C@@H]1CNCCN1CC(=O)Nc1ccc(F)c(F)c1F. The van der Waals surface area contributed by atoms with Crippen LogP contribution in [0.15, 0.2) is 12.1 Å². The Hall–Kier alpha value is -1.60. The van der Waals surface area contributed by atoms with Crippen molar-refractivity contribution in [2.45, 2.75) is 13.0 Å². The zero-order chi connectivity index (χ0) is 14.7. The van der Waals surface area contributed by atoms with Crippen LogP contribution in [0, 0.1) is 17.5 Å². The van der Waals surface area contributed by atoms with Gasteiger partial charge in [0.15, 0.2) is 17.5 Å². The number of rotatable bonds is 3. The second-order valence-electron chi connectivity index (χ2n) is 4.79. The van der Waals surface area contributed by atoms with E-state index >= 15 is 0 Å². The predicted octanol–water partition coefficient (Wildman–Crippen LogP) is 1.34. The van der Waals surface area contributed by atoms with Gasteiger partial charge in [-0.3, -0.25) is 9.69 Å². The minimum Gasteiger partial charge on any atom is -0.322 e. The van der Waals surface area contributed by atoms with Crippen molar-refractivity contribution in [1.29, 1.82) is 0 Å². The summed E-state index contributed by atoms with van der Waals surface area (Å²) >= 11 is 0. The third kappa shape index (κ3) is 3.29. The molecule has 110 valence electrons. The summed E-state index contributed by atoms with van der Waals surface area (Å²) in [6.07, 6.45) is 0. The van der Waals surface area contributed by atoms with Crippen LogP contribution in [0.5, 0.6) is 0 Å². The maximum absolute atomic E-state index is 13.4. The number of nitrogens with zero attached hydrogens (tertiary/aromatic N) is 1. The largest absolute Gasteiger partial charge is 0.322 e. The normalized spacial score (nSPS) is 19.9. The number of amides is 1. The number of carbonyl (C=O) groups excluding carboxylic acids is 1. The van der Waals surface area contributed by atoms with E-state index in [9.17, 15) is 18.0 Å². The maximum Gasteiger partial charge on any atom is 0.238 e. The van der Waals surface area contributed by atoms with E-state index < -0.39 is 23.4 Å². The third-order valence-electron chi connectivity index (χ3n) is 3.29. The van der Waals surface area contributed by atoms with Gasteiger partial charge in [0.05, 0.1) is 12.2 Å². The van der Waals surface area contributed by atoms with E-state index in [1.165, 1.54) is 0 Å². The molecular formula is C13H16F3N3O. The quantitative estimate of drug-likeness (QED) is 0.825. The first-order valence-electron chi connectivity index (χ1n) is 6.37. The highest BCUT2D eigenvalue weighted by Gasteiger charge is 2.21. The standard InChI is InChI=1S/C13H16F3N3O/c1-8-6-17-4-5-19(8)7-11(20)18-10-3-2-9(14)12(15)13(10)16/h2-3,8,17H,4-7H2,1H3,(H,18,20)/t8-/m1/s1. The van der Waals surface area contributed by atoms with E-state index in [1.54, 1.807) is 0 Å². The van der Waals surface area contributed by atoms with Gasteiger partial charge in [0.25, 0.3) is 0 Å². The van der Waals surface area contributed by atoms with Crippen LogP contribution in [0.1, 0.15) is 6.92 Å². The van der Waals surface area contributed by atoms with Gasteiger partial charge in [0, 0.05) is 25.7 Å². The van der Waals surface area contributed by atoms with Crippen LogP contribution in [-0.2, 0) is 4.79 Å². The Morgan fingerprint density at radius 2 is 2.15 bits per heavy atom. The smallest absolute Gasteiger partial charge is 0.238 e. The molecule has 1 saturated heterocycles. The molecule has 1 atom stereocenters. The molecule has 1 aliphatic rings. The molecule has 1 aliphatic heterocycles. The summed E-state index contributed by atoms with van der Waals surface area (Å²) in [5.74, 6) is -4.70. The minimum atomic E-state index is -1.58. The number of hydrogen-bond acceptors (Lipinski definition) is 3. The number of halogens is 3. The molecule has 1 amide bonds. The van der Waals surface area contributed by atoms with Crippen molar-refractivity contribution in [1.82, 2.24) is 10.2 Å². The molecule has 0 spiro atoms. The van der Waals surface area contributed by atoms with E-state index in [0.717, 1.165) is 25.2 Å². The minimum absolute atomic E-state index is 0.0846. The first-order valence-corrected chi connectivity index (χ1v) is 6.37. The fraction of sp³-hybridized carbons (Fsp3) is 0.462. The van der Waals surface area contributed by atoms with Crippen LogP contribution in [0.25, 0.3) is 0 Å². The molecule has 2 rings (SSSR count). The topological polar surface area (TPSA) is 44.4 Å². The van der Waals surface area contributed by atoms with Crippen molar-refractivity contribution in [3.8, 4) is 0 Å². The lowest BCUT2D eigenvalue weighted by Crippen LogP contribution is -2.52. The van der Waals surface area contributed by atoms with E-state index in [-0.39, 0.29) is 18.3 Å². The van der Waals surface area contributed by atoms with Crippen molar-refractivity contribution in [2.75, 3.05) is 31.5 Å². The van der Waals surface area contributed by atoms with Gasteiger partial charge in [0.2, 0.25) is 5.91 Å². The fourth-order valence-electron chi connectivity index (χ4n) is 2.11. The highest BCUT2D eigenvalue weighted by Crippen LogP contribution is 2.19. The second-order valence-corrected chi connectivity index (χ2v) is 4.79. The number of nitrogens with one attached hydrogen (secondary N) is 2. The monoisotopic (exact) mass is 287 g/mol. The zero-order valence-electron chi connectivity index (χ0n) is 11.0. The molecule has 1 heterocycles. The Morgan fingerprint density at radius 1 is 1.40 bits per heavy atom. The molecule has 0 unspecified atom stereocenters. The molecule has 0 bridgehead atoms. The second kappa shape index (κ2) is 6.23. The van der Waals surface area contributed by atoms with Crippen LogP contribution in [0.3, 0.4) is 0 Å². The fourth-order valence-corrected chi connectivity index (χ4v) is 2.11. The summed E-state index contributed by atoms with van der Waals surface area (Å²) < 4.78 is 39.2. The summed E-state index contributed by atoms with van der Waals surface area (Å²) in [7, 11) is 0. The molecular weight excluding hydrogens is 271 g/mol. The third-order valence-corrected chi connectivity index (χ3v) is 3.29. The summed E-state index contributed by atoms with van der Waals surface area (Å²) in [5.41, 5.74) is -0.350. The van der Waals surface area contributed by atoms with Gasteiger partial charge in [-0.05, 0) is 19.1 Å². The molecule has 1 fully saturated rings. The van der Waals surface area contributed by atoms with Gasteiger partial charge in [-0.25, -0.2) is 13.2 Å². The van der Waals surface area contributed by atoms with Gasteiger partial charge < -0.3 is 10.6 Å². The Balaban J connectivity index is 1.99. The summed E-state index contributed by atoms with van der Waals surface area (Å²) in [5, 5.41) is 5.45. The van der Waals surface area contributed by atoms with Gasteiger partial charge >= 0.3 is 0 Å². The lowest BCUT2D eigenvalue weighted by molar-refractivity contribution is -0.118. The van der Waals surface area contributed by atoms with Gasteiger partial charge in [0.1, 0.15) is 0 Å². The average Bonchev–Trinajstić information content (AvgIpc) is 2.42. The maximum atomic E-state index is 13.4. The van der Waals surface area contributed by atoms with Gasteiger partial charge in [-0.1, -0.05) is 0 Å². The molecule has 4 nitrogen and oxygen atoms in total. The molecule has 1 aromatic rings. The highest BCUT2D eigenvalue weighted by atomic mass is 19.2. The molecule has 2 N–H and O–H groups in total. The Morgan fingerprint density at radius 3 is 2.85 bits per heavy atom. The van der Waals surface area contributed by atoms with Crippen molar-refractivity contribution in [3.63, 3.8) is 0 Å². The highest BCUT2D eigenvalue weighted by molar-refractivity contribution is 5.92. The van der Waals surface area contributed by atoms with Crippen LogP contribution in [0.4, 0.5) is 18.9 Å². The summed E-state index contributed by atoms with van der Waals surface area (Å²) in [6, 6.07) is 1.97.